The van der Waals surface area contributed by atoms with Crippen molar-refractivity contribution in [1.29, 1.82) is 0 Å². The molecule has 0 bridgehead atoms. The maximum atomic E-state index is 11.6. The topological polar surface area (TPSA) is 29.5 Å². The van der Waals surface area contributed by atoms with Gasteiger partial charge in [-0.2, -0.15) is 0 Å². The van der Waals surface area contributed by atoms with Crippen molar-refractivity contribution in [2.75, 3.05) is 19.7 Å². The minimum atomic E-state index is -0.0125. The second kappa shape index (κ2) is 5.74. The van der Waals surface area contributed by atoms with E-state index in [1.54, 1.807) is 0 Å². The van der Waals surface area contributed by atoms with Gasteiger partial charge in [0, 0.05) is 6.42 Å². The van der Waals surface area contributed by atoms with Gasteiger partial charge < -0.3 is 4.74 Å². The Balaban J connectivity index is 1.51. The van der Waals surface area contributed by atoms with Crippen LogP contribution in [0.5, 0.6) is 0 Å². The summed E-state index contributed by atoms with van der Waals surface area (Å²) < 4.78 is 5.06. The molecular weight excluding hydrogens is 238 g/mol. The Hall–Kier alpha value is -1.35. The fourth-order valence-electron chi connectivity index (χ4n) is 3.23. The number of likely N-dealkylation sites (tertiary alicyclic amines) is 1. The van der Waals surface area contributed by atoms with Gasteiger partial charge in [-0.05, 0) is 43.8 Å². The number of cyclic esters (lactones) is 1. The number of hydrogen-bond acceptors (Lipinski definition) is 3. The first kappa shape index (κ1) is 12.7. The van der Waals surface area contributed by atoms with Crippen LogP contribution in [0.3, 0.4) is 0 Å². The van der Waals surface area contributed by atoms with E-state index in [0.29, 0.717) is 6.61 Å². The Labute approximate surface area is 114 Å². The standard InChI is InChI=1S/C16H21NO2/c18-16-15(8-11-19-16)17-9-6-14(7-10-17)12-13-4-2-1-3-5-13/h1-5,14-15H,6-12H2. The first-order valence-electron chi connectivity index (χ1n) is 7.27. The van der Waals surface area contributed by atoms with Crippen molar-refractivity contribution in [2.24, 2.45) is 5.92 Å². The molecule has 2 aliphatic heterocycles. The molecule has 0 radical (unpaired) electrons. The summed E-state index contributed by atoms with van der Waals surface area (Å²) in [6.07, 6.45) is 4.43. The Morgan fingerprint density at radius 1 is 1.11 bits per heavy atom. The van der Waals surface area contributed by atoms with Crippen LogP contribution in [0.2, 0.25) is 0 Å². The summed E-state index contributed by atoms with van der Waals surface area (Å²) in [5.41, 5.74) is 1.43. The number of esters is 1. The molecule has 2 saturated heterocycles. The second-order valence-corrected chi connectivity index (χ2v) is 5.64. The number of nitrogens with zero attached hydrogens (tertiary/aromatic N) is 1. The van der Waals surface area contributed by atoms with Crippen molar-refractivity contribution in [1.82, 2.24) is 4.90 Å². The maximum absolute atomic E-state index is 11.6. The van der Waals surface area contributed by atoms with Crippen molar-refractivity contribution in [3.8, 4) is 0 Å². The lowest BCUT2D eigenvalue weighted by atomic mass is 9.89. The van der Waals surface area contributed by atoms with Crippen molar-refractivity contribution in [3.05, 3.63) is 35.9 Å². The zero-order chi connectivity index (χ0) is 13.1. The van der Waals surface area contributed by atoms with Gasteiger partial charge in [-0.15, -0.1) is 0 Å². The Bertz CT molecular complexity index is 424. The van der Waals surface area contributed by atoms with Gasteiger partial charge in [0.2, 0.25) is 0 Å². The molecule has 3 heteroatoms. The van der Waals surface area contributed by atoms with Gasteiger partial charge in [0.05, 0.1) is 6.61 Å². The van der Waals surface area contributed by atoms with E-state index in [9.17, 15) is 4.79 Å². The highest BCUT2D eigenvalue weighted by Gasteiger charge is 2.34. The molecular formula is C16H21NO2. The van der Waals surface area contributed by atoms with Crippen LogP contribution in [0.4, 0.5) is 0 Å². The second-order valence-electron chi connectivity index (χ2n) is 5.64. The number of carbonyl (C=O) groups excluding carboxylic acids is 1. The molecule has 102 valence electrons. The Morgan fingerprint density at radius 2 is 1.84 bits per heavy atom. The number of ether oxygens (including phenoxy) is 1. The molecule has 0 aromatic heterocycles. The van der Waals surface area contributed by atoms with Gasteiger partial charge in [-0.25, -0.2) is 0 Å². The zero-order valence-corrected chi connectivity index (χ0v) is 11.3. The van der Waals surface area contributed by atoms with E-state index in [2.05, 4.69) is 35.2 Å². The Kier molecular flexibility index (Phi) is 3.83. The van der Waals surface area contributed by atoms with E-state index in [0.717, 1.165) is 25.4 Å². The van der Waals surface area contributed by atoms with E-state index in [4.69, 9.17) is 4.74 Å². The molecule has 0 spiro atoms. The number of hydrogen-bond donors (Lipinski definition) is 0. The van der Waals surface area contributed by atoms with E-state index >= 15 is 0 Å². The van der Waals surface area contributed by atoms with Crippen LogP contribution in [0, 0.1) is 5.92 Å². The summed E-state index contributed by atoms with van der Waals surface area (Å²) in [4.78, 5) is 13.9. The van der Waals surface area contributed by atoms with Crippen molar-refractivity contribution < 1.29 is 9.53 Å². The van der Waals surface area contributed by atoms with E-state index in [-0.39, 0.29) is 12.0 Å². The Morgan fingerprint density at radius 3 is 2.47 bits per heavy atom. The SMILES string of the molecule is O=C1OCCC1N1CCC(Cc2ccccc2)CC1. The fraction of sp³-hybridized carbons (Fsp3) is 0.562. The highest BCUT2D eigenvalue weighted by molar-refractivity contribution is 5.77. The lowest BCUT2D eigenvalue weighted by molar-refractivity contribution is -0.142. The molecule has 2 fully saturated rings. The van der Waals surface area contributed by atoms with Crippen LogP contribution in [0.15, 0.2) is 30.3 Å². The molecule has 0 saturated carbocycles. The van der Waals surface area contributed by atoms with E-state index in [1.807, 2.05) is 0 Å². The molecule has 3 nitrogen and oxygen atoms in total. The maximum Gasteiger partial charge on any atom is 0.323 e. The summed E-state index contributed by atoms with van der Waals surface area (Å²) in [5, 5.41) is 0. The van der Waals surface area contributed by atoms with Gasteiger partial charge in [-0.3, -0.25) is 9.69 Å². The third-order valence-corrected chi connectivity index (χ3v) is 4.36. The molecule has 0 amide bonds. The average molecular weight is 259 g/mol. The molecule has 2 heterocycles. The quantitative estimate of drug-likeness (QED) is 0.780. The van der Waals surface area contributed by atoms with Gasteiger partial charge in [0.1, 0.15) is 6.04 Å². The fourth-order valence-corrected chi connectivity index (χ4v) is 3.23. The summed E-state index contributed by atoms with van der Waals surface area (Å²) in [6, 6.07) is 10.7. The van der Waals surface area contributed by atoms with Crippen molar-refractivity contribution >= 4 is 5.97 Å². The third-order valence-electron chi connectivity index (χ3n) is 4.36. The lowest BCUT2D eigenvalue weighted by Crippen LogP contribution is -2.43. The monoisotopic (exact) mass is 259 g/mol. The molecule has 19 heavy (non-hydrogen) atoms. The first-order chi connectivity index (χ1) is 9.33. The first-order valence-corrected chi connectivity index (χ1v) is 7.27. The largest absolute Gasteiger partial charge is 0.464 e. The molecule has 1 atom stereocenters. The average Bonchev–Trinajstić information content (AvgIpc) is 2.87. The number of rotatable bonds is 3. The van der Waals surface area contributed by atoms with Crippen molar-refractivity contribution in [3.63, 3.8) is 0 Å². The molecule has 1 aromatic rings. The highest BCUT2D eigenvalue weighted by Crippen LogP contribution is 2.25. The number of benzene rings is 1. The molecule has 1 aromatic carbocycles. The predicted molar refractivity (Wildman–Crippen MR) is 73.8 cm³/mol. The van der Waals surface area contributed by atoms with E-state index < -0.39 is 0 Å². The van der Waals surface area contributed by atoms with Gasteiger partial charge in [-0.1, -0.05) is 30.3 Å². The van der Waals surface area contributed by atoms with Crippen molar-refractivity contribution in [2.45, 2.75) is 31.7 Å². The highest BCUT2D eigenvalue weighted by atomic mass is 16.5. The van der Waals surface area contributed by atoms with Crippen LogP contribution in [0.1, 0.15) is 24.8 Å². The van der Waals surface area contributed by atoms with Gasteiger partial charge >= 0.3 is 5.97 Å². The summed E-state index contributed by atoms with van der Waals surface area (Å²) in [5.74, 6) is 0.748. The molecule has 2 aliphatic rings. The van der Waals surface area contributed by atoms with Crippen LogP contribution < -0.4 is 0 Å². The summed E-state index contributed by atoms with van der Waals surface area (Å²) >= 11 is 0. The van der Waals surface area contributed by atoms with E-state index in [1.165, 1.54) is 24.8 Å². The zero-order valence-electron chi connectivity index (χ0n) is 11.3. The molecule has 0 N–H and O–H groups in total. The number of piperidine rings is 1. The van der Waals surface area contributed by atoms with Gasteiger partial charge in [0.15, 0.2) is 0 Å². The minimum absolute atomic E-state index is 0.0125. The molecule has 3 rings (SSSR count). The normalized spacial score (nSPS) is 25.5. The minimum Gasteiger partial charge on any atom is -0.464 e. The molecule has 0 aliphatic carbocycles. The smallest absolute Gasteiger partial charge is 0.323 e. The van der Waals surface area contributed by atoms with Crippen LogP contribution >= 0.6 is 0 Å². The summed E-state index contributed by atoms with van der Waals surface area (Å²) in [6.45, 7) is 2.68. The number of carbonyl (C=O) groups is 1. The third kappa shape index (κ3) is 2.98. The van der Waals surface area contributed by atoms with Gasteiger partial charge in [0.25, 0.3) is 0 Å². The van der Waals surface area contributed by atoms with Crippen LogP contribution in [-0.2, 0) is 16.0 Å². The van der Waals surface area contributed by atoms with Crippen LogP contribution in [0.25, 0.3) is 0 Å². The predicted octanol–water partition coefficient (Wildman–Crippen LogP) is 2.26. The lowest BCUT2D eigenvalue weighted by Gasteiger charge is -2.34. The molecule has 1 unspecified atom stereocenters. The summed E-state index contributed by atoms with van der Waals surface area (Å²) in [7, 11) is 0. The van der Waals surface area contributed by atoms with Crippen LogP contribution in [-0.4, -0.2) is 36.6 Å².